The Labute approximate surface area is 130 Å². The van der Waals surface area contributed by atoms with Crippen LogP contribution in [0.3, 0.4) is 0 Å². The van der Waals surface area contributed by atoms with Gasteiger partial charge in [0.25, 0.3) is 0 Å². The quantitative estimate of drug-likeness (QED) is 0.326. The smallest absolute Gasteiger partial charge is 0.480 e. The number of hydrogen-bond donors (Lipinski definition) is 6. The van der Waals surface area contributed by atoms with Gasteiger partial charge >= 0.3 is 21.4 Å². The second-order valence-electron chi connectivity index (χ2n) is 4.45. The summed E-state index contributed by atoms with van der Waals surface area (Å²) >= 11 is 0. The lowest BCUT2D eigenvalue weighted by Crippen LogP contribution is -2.32. The highest BCUT2D eigenvalue weighted by atomic mass is 31.2. The zero-order valence-electron chi connectivity index (χ0n) is 11.5. The molecule has 0 saturated carbocycles. The molecule has 130 valence electrons. The number of nitrogens with two attached hydrogens (primary N) is 1. The second-order valence-corrected chi connectivity index (χ2v) is 7.20. The van der Waals surface area contributed by atoms with E-state index in [1.54, 1.807) is 0 Å². The first-order valence-corrected chi connectivity index (χ1v) is 9.24. The van der Waals surface area contributed by atoms with Gasteiger partial charge in [-0.25, -0.2) is 4.57 Å². The normalized spacial score (nSPS) is 13.4. The number of ether oxygens (including phenoxy) is 1. The summed E-state index contributed by atoms with van der Waals surface area (Å²) in [5.41, 5.74) is 5.67. The van der Waals surface area contributed by atoms with Crippen LogP contribution in [0.2, 0.25) is 0 Å². The molecular formula is C10H15NO10P2. The highest BCUT2D eigenvalue weighted by Gasteiger charge is 2.22. The zero-order chi connectivity index (χ0) is 17.8. The minimum absolute atomic E-state index is 0.141. The summed E-state index contributed by atoms with van der Waals surface area (Å²) in [6, 6.07) is 2.25. The number of hydrogen-bond acceptors (Lipinski definition) is 6. The summed E-state index contributed by atoms with van der Waals surface area (Å²) in [6.45, 7) is 0. The molecule has 1 atom stereocenters. The van der Waals surface area contributed by atoms with Gasteiger partial charge in [-0.05, 0) is 24.1 Å². The van der Waals surface area contributed by atoms with Crippen LogP contribution < -0.4 is 15.0 Å². The maximum Gasteiger partial charge on any atom is 0.524 e. The van der Waals surface area contributed by atoms with Gasteiger partial charge in [-0.3, -0.25) is 19.1 Å². The van der Waals surface area contributed by atoms with Crippen molar-refractivity contribution in [3.63, 3.8) is 0 Å². The number of phosphoric ester groups is 1. The Morgan fingerprint density at radius 1 is 1.17 bits per heavy atom. The molecular weight excluding hydrogens is 356 g/mol. The predicted octanol–water partition coefficient (Wildman–Crippen LogP) is -0.374. The Kier molecular flexibility index (Phi) is 6.32. The van der Waals surface area contributed by atoms with Crippen molar-refractivity contribution < 1.29 is 47.9 Å². The third-order valence-electron chi connectivity index (χ3n) is 2.39. The largest absolute Gasteiger partial charge is 0.524 e. The van der Waals surface area contributed by atoms with Gasteiger partial charge in [-0.15, -0.1) is 0 Å². The molecule has 0 amide bonds. The van der Waals surface area contributed by atoms with Crippen LogP contribution in [0.5, 0.6) is 11.5 Å². The number of carboxylic acid groups (broad SMARTS) is 1. The summed E-state index contributed by atoms with van der Waals surface area (Å²) in [5, 5.41) is 8.74. The Balaban J connectivity index is 3.08. The van der Waals surface area contributed by atoms with Gasteiger partial charge < -0.3 is 29.9 Å². The van der Waals surface area contributed by atoms with E-state index >= 15 is 0 Å². The minimum Gasteiger partial charge on any atom is -0.480 e. The number of rotatable bonds is 8. The number of aliphatic carboxylic acids is 1. The molecule has 0 aliphatic carbocycles. The molecule has 1 aromatic carbocycles. The lowest BCUT2D eigenvalue weighted by molar-refractivity contribution is -0.138. The second kappa shape index (κ2) is 7.41. The van der Waals surface area contributed by atoms with Crippen molar-refractivity contribution >= 4 is 21.4 Å². The molecule has 0 saturated heterocycles. The van der Waals surface area contributed by atoms with Crippen LogP contribution in [0.15, 0.2) is 18.2 Å². The standard InChI is InChI=1S/C10H15NO10P2/c11-7(10(12)13)3-6-1-2-8(21-23(17,18)19)9(4-6)20-5-22(14,15)16/h1-2,4,7H,3,5,11H2,(H,12,13)(H2,14,15,16)(H2,17,18,19). The maximum absolute atomic E-state index is 10.9. The maximum atomic E-state index is 10.9. The van der Waals surface area contributed by atoms with Crippen molar-refractivity contribution in [2.24, 2.45) is 5.73 Å². The first-order valence-electron chi connectivity index (χ1n) is 5.91. The summed E-state index contributed by atoms with van der Waals surface area (Å²) in [7, 11) is -9.48. The van der Waals surface area contributed by atoms with Gasteiger partial charge in [0.1, 0.15) is 6.04 Å². The predicted molar refractivity (Wildman–Crippen MR) is 76.0 cm³/mol. The third-order valence-corrected chi connectivity index (χ3v) is 3.29. The van der Waals surface area contributed by atoms with E-state index in [2.05, 4.69) is 4.52 Å². The minimum atomic E-state index is -4.93. The Morgan fingerprint density at radius 3 is 2.26 bits per heavy atom. The fourth-order valence-corrected chi connectivity index (χ4v) is 2.20. The van der Waals surface area contributed by atoms with E-state index in [1.807, 2.05) is 0 Å². The van der Waals surface area contributed by atoms with Gasteiger partial charge in [0.15, 0.2) is 17.8 Å². The van der Waals surface area contributed by atoms with Crippen LogP contribution in [0.1, 0.15) is 5.56 Å². The van der Waals surface area contributed by atoms with Crippen LogP contribution in [0.4, 0.5) is 0 Å². The van der Waals surface area contributed by atoms with Crippen molar-refractivity contribution in [3.8, 4) is 11.5 Å². The number of phosphoric acid groups is 1. The molecule has 1 unspecified atom stereocenters. The monoisotopic (exact) mass is 371 g/mol. The average molecular weight is 371 g/mol. The Morgan fingerprint density at radius 2 is 1.78 bits per heavy atom. The molecule has 0 fully saturated rings. The fraction of sp³-hybridized carbons (Fsp3) is 0.300. The fourth-order valence-electron chi connectivity index (χ4n) is 1.49. The topological polar surface area (TPSA) is 197 Å². The SMILES string of the molecule is NC(Cc1ccc(OP(=O)(O)O)c(OCP(=O)(O)O)c1)C(=O)O. The van der Waals surface area contributed by atoms with Crippen molar-refractivity contribution in [2.45, 2.75) is 12.5 Å². The molecule has 23 heavy (non-hydrogen) atoms. The first kappa shape index (κ1) is 19.6. The molecule has 0 radical (unpaired) electrons. The molecule has 1 aromatic rings. The summed E-state index contributed by atoms with van der Waals surface area (Å²) < 4.78 is 30.9. The Bertz CT molecular complexity index is 666. The number of carboxylic acids is 1. The van der Waals surface area contributed by atoms with E-state index in [9.17, 15) is 13.9 Å². The van der Waals surface area contributed by atoms with Crippen LogP contribution in [0.25, 0.3) is 0 Å². The van der Waals surface area contributed by atoms with Gasteiger partial charge in [0.05, 0.1) is 0 Å². The lowest BCUT2D eigenvalue weighted by Gasteiger charge is -2.15. The summed E-state index contributed by atoms with van der Waals surface area (Å²) in [4.78, 5) is 45.9. The van der Waals surface area contributed by atoms with E-state index in [-0.39, 0.29) is 12.2 Å². The van der Waals surface area contributed by atoms with Crippen molar-refractivity contribution in [1.82, 2.24) is 0 Å². The highest BCUT2D eigenvalue weighted by molar-refractivity contribution is 7.51. The van der Waals surface area contributed by atoms with Crippen LogP contribution in [0, 0.1) is 0 Å². The third kappa shape index (κ3) is 7.58. The number of benzene rings is 1. The van der Waals surface area contributed by atoms with E-state index in [0.717, 1.165) is 12.1 Å². The van der Waals surface area contributed by atoms with Crippen molar-refractivity contribution in [3.05, 3.63) is 23.8 Å². The molecule has 0 aliphatic heterocycles. The molecule has 0 bridgehead atoms. The summed E-state index contributed by atoms with van der Waals surface area (Å²) in [5.74, 6) is -2.09. The zero-order valence-corrected chi connectivity index (χ0v) is 13.3. The van der Waals surface area contributed by atoms with E-state index < -0.39 is 39.5 Å². The first-order chi connectivity index (χ1) is 10.4. The number of carbonyl (C=O) groups is 1. The molecule has 0 heterocycles. The van der Waals surface area contributed by atoms with Gasteiger partial charge in [-0.2, -0.15) is 0 Å². The van der Waals surface area contributed by atoms with Gasteiger partial charge in [-0.1, -0.05) is 6.07 Å². The molecule has 0 spiro atoms. The van der Waals surface area contributed by atoms with Gasteiger partial charge in [0.2, 0.25) is 0 Å². The molecule has 0 aliphatic rings. The summed E-state index contributed by atoms with van der Waals surface area (Å²) in [6.07, 6.45) is -1.20. The van der Waals surface area contributed by atoms with E-state index in [4.69, 9.17) is 35.2 Å². The van der Waals surface area contributed by atoms with Crippen LogP contribution >= 0.6 is 15.4 Å². The highest BCUT2D eigenvalue weighted by Crippen LogP contribution is 2.44. The van der Waals surface area contributed by atoms with E-state index in [1.165, 1.54) is 6.07 Å². The van der Waals surface area contributed by atoms with E-state index in [0.29, 0.717) is 5.56 Å². The van der Waals surface area contributed by atoms with Crippen molar-refractivity contribution in [1.29, 1.82) is 0 Å². The molecule has 1 rings (SSSR count). The molecule has 7 N–H and O–H groups in total. The molecule has 13 heteroatoms. The van der Waals surface area contributed by atoms with Gasteiger partial charge in [0, 0.05) is 0 Å². The Hall–Kier alpha value is -1.45. The molecule has 0 aromatic heterocycles. The van der Waals surface area contributed by atoms with Crippen LogP contribution in [-0.2, 0) is 20.3 Å². The molecule has 11 nitrogen and oxygen atoms in total. The average Bonchev–Trinajstić information content (AvgIpc) is 2.36. The van der Waals surface area contributed by atoms with Crippen molar-refractivity contribution in [2.75, 3.05) is 6.35 Å². The lowest BCUT2D eigenvalue weighted by atomic mass is 10.1. The van der Waals surface area contributed by atoms with Crippen LogP contribution in [-0.4, -0.2) is 43.0 Å².